The minimum absolute atomic E-state index is 0.262. The number of H-pyrrole nitrogens is 2. The first-order valence-electron chi connectivity index (χ1n) is 6.69. The van der Waals surface area contributed by atoms with E-state index in [4.69, 9.17) is 5.73 Å². The Morgan fingerprint density at radius 2 is 1.86 bits per heavy atom. The predicted octanol–water partition coefficient (Wildman–Crippen LogP) is 3.42. The van der Waals surface area contributed by atoms with Gasteiger partial charge in [0.1, 0.15) is 11.4 Å². The lowest BCUT2D eigenvalue weighted by Gasteiger charge is -2.07. The fourth-order valence-electron chi connectivity index (χ4n) is 2.60. The number of imidazole rings is 1. The molecule has 0 amide bonds. The monoisotopic (exact) mass is 354 g/mol. The lowest BCUT2D eigenvalue weighted by Crippen LogP contribution is -2.13. The van der Waals surface area contributed by atoms with Gasteiger partial charge >= 0.3 is 0 Å². The maximum Gasteiger partial charge on any atom is 0.261 e. The average molecular weight is 355 g/mol. The summed E-state index contributed by atoms with van der Waals surface area (Å²) in [6.07, 6.45) is 0. The Morgan fingerprint density at radius 3 is 2.68 bits per heavy atom. The fourth-order valence-corrected chi connectivity index (χ4v) is 2.96. The van der Waals surface area contributed by atoms with Gasteiger partial charge in [0.25, 0.3) is 5.56 Å². The minimum atomic E-state index is -0.262. The van der Waals surface area contributed by atoms with Gasteiger partial charge in [0, 0.05) is 9.86 Å². The molecule has 0 saturated heterocycles. The van der Waals surface area contributed by atoms with E-state index in [1.807, 2.05) is 42.5 Å². The van der Waals surface area contributed by atoms with Gasteiger partial charge in [-0.2, -0.15) is 0 Å². The zero-order valence-corrected chi connectivity index (χ0v) is 12.9. The number of benzene rings is 2. The summed E-state index contributed by atoms with van der Waals surface area (Å²) >= 11 is 3.39. The number of aromatic amines is 2. The first-order chi connectivity index (χ1) is 10.6. The summed E-state index contributed by atoms with van der Waals surface area (Å²) < 4.78 is 0.881. The van der Waals surface area contributed by atoms with Gasteiger partial charge < -0.3 is 15.7 Å². The summed E-state index contributed by atoms with van der Waals surface area (Å²) in [4.78, 5) is 22.9. The second kappa shape index (κ2) is 4.71. The number of rotatable bonds is 1. The van der Waals surface area contributed by atoms with Gasteiger partial charge in [0.05, 0.1) is 22.2 Å². The number of para-hydroxylation sites is 2. The van der Waals surface area contributed by atoms with Crippen molar-refractivity contribution in [3.05, 3.63) is 57.3 Å². The van der Waals surface area contributed by atoms with E-state index in [-0.39, 0.29) is 5.56 Å². The van der Waals surface area contributed by atoms with Crippen molar-refractivity contribution in [2.24, 2.45) is 0 Å². The Hall–Kier alpha value is -2.60. The van der Waals surface area contributed by atoms with Crippen LogP contribution in [-0.2, 0) is 0 Å². The summed E-state index contributed by atoms with van der Waals surface area (Å²) in [5.41, 5.74) is 9.11. The molecular formula is C16H11BrN4O. The molecule has 22 heavy (non-hydrogen) atoms. The van der Waals surface area contributed by atoms with Crippen molar-refractivity contribution < 1.29 is 0 Å². The molecule has 4 aromatic rings. The number of hydrogen-bond acceptors (Lipinski definition) is 3. The summed E-state index contributed by atoms with van der Waals surface area (Å²) in [6.45, 7) is 0. The van der Waals surface area contributed by atoms with Gasteiger partial charge in [-0.1, -0.05) is 28.1 Å². The van der Waals surface area contributed by atoms with Crippen molar-refractivity contribution in [3.8, 4) is 11.4 Å². The Balaban J connectivity index is 2.06. The number of hydrogen-bond donors (Lipinski definition) is 3. The fraction of sp³-hybridized carbons (Fsp3) is 0. The number of nitrogen functional groups attached to an aromatic ring is 1. The molecule has 0 aliphatic rings. The maximum atomic E-state index is 12.4. The van der Waals surface area contributed by atoms with E-state index in [1.54, 1.807) is 0 Å². The smallest absolute Gasteiger partial charge is 0.261 e. The van der Waals surface area contributed by atoms with Gasteiger partial charge in [0.2, 0.25) is 0 Å². The number of nitrogens with zero attached hydrogens (tertiary/aromatic N) is 1. The minimum Gasteiger partial charge on any atom is -0.397 e. The van der Waals surface area contributed by atoms with Crippen LogP contribution in [0.1, 0.15) is 0 Å². The quantitative estimate of drug-likeness (QED) is 0.489. The van der Waals surface area contributed by atoms with Crippen LogP contribution in [0.3, 0.4) is 0 Å². The Labute approximate surface area is 133 Å². The second-order valence-corrected chi connectivity index (χ2v) is 5.95. The average Bonchev–Trinajstić information content (AvgIpc) is 2.90. The maximum absolute atomic E-state index is 12.4. The summed E-state index contributed by atoms with van der Waals surface area (Å²) in [5.74, 6) is 0.477. The molecule has 0 saturated carbocycles. The van der Waals surface area contributed by atoms with Gasteiger partial charge in [-0.05, 0) is 30.3 Å². The van der Waals surface area contributed by atoms with Crippen LogP contribution in [0.25, 0.3) is 33.3 Å². The third-order valence-corrected chi connectivity index (χ3v) is 4.14. The first kappa shape index (κ1) is 13.1. The van der Waals surface area contributed by atoms with Crippen LogP contribution in [0.4, 0.5) is 5.69 Å². The molecule has 2 aromatic heterocycles. The molecule has 0 bridgehead atoms. The highest BCUT2D eigenvalue weighted by Crippen LogP contribution is 2.29. The molecule has 108 valence electrons. The van der Waals surface area contributed by atoms with Crippen molar-refractivity contribution in [1.29, 1.82) is 0 Å². The van der Waals surface area contributed by atoms with Crippen LogP contribution in [0.2, 0.25) is 0 Å². The van der Waals surface area contributed by atoms with E-state index in [0.717, 1.165) is 20.9 Å². The molecule has 4 N–H and O–H groups in total. The summed E-state index contributed by atoms with van der Waals surface area (Å²) in [6, 6.07) is 13.2. The Bertz CT molecular complexity index is 1050. The molecule has 4 rings (SSSR count). The van der Waals surface area contributed by atoms with Crippen molar-refractivity contribution in [2.45, 2.75) is 0 Å². The molecular weight excluding hydrogens is 344 g/mol. The van der Waals surface area contributed by atoms with Crippen LogP contribution in [0, 0.1) is 0 Å². The van der Waals surface area contributed by atoms with Crippen molar-refractivity contribution in [3.63, 3.8) is 0 Å². The van der Waals surface area contributed by atoms with E-state index in [9.17, 15) is 4.79 Å². The third kappa shape index (κ3) is 1.92. The molecule has 2 heterocycles. The van der Waals surface area contributed by atoms with Crippen LogP contribution in [0.5, 0.6) is 0 Å². The highest BCUT2D eigenvalue weighted by molar-refractivity contribution is 9.10. The van der Waals surface area contributed by atoms with Crippen LogP contribution >= 0.6 is 15.9 Å². The van der Waals surface area contributed by atoms with Crippen molar-refractivity contribution in [1.82, 2.24) is 15.0 Å². The zero-order chi connectivity index (χ0) is 15.3. The second-order valence-electron chi connectivity index (χ2n) is 5.04. The van der Waals surface area contributed by atoms with E-state index in [2.05, 4.69) is 30.9 Å². The van der Waals surface area contributed by atoms with Gasteiger partial charge in [-0.3, -0.25) is 4.79 Å². The lowest BCUT2D eigenvalue weighted by molar-refractivity contribution is 1.25. The van der Waals surface area contributed by atoms with Crippen molar-refractivity contribution >= 4 is 43.6 Å². The van der Waals surface area contributed by atoms with Gasteiger partial charge in [-0.25, -0.2) is 4.98 Å². The van der Waals surface area contributed by atoms with E-state index < -0.39 is 0 Å². The number of nitrogens with two attached hydrogens (primary N) is 1. The van der Waals surface area contributed by atoms with E-state index in [0.29, 0.717) is 22.6 Å². The molecule has 5 nitrogen and oxygen atoms in total. The predicted molar refractivity (Wildman–Crippen MR) is 91.8 cm³/mol. The number of pyridine rings is 1. The molecule has 0 spiro atoms. The SMILES string of the molecule is Nc1c(-c2nc3ccccc3[nH]2)c(=O)[nH]c2cc(Br)ccc12. The first-order valence-corrected chi connectivity index (χ1v) is 7.49. The number of fused-ring (bicyclic) bond motifs is 2. The van der Waals surface area contributed by atoms with Gasteiger partial charge in [0.15, 0.2) is 0 Å². The third-order valence-electron chi connectivity index (χ3n) is 3.64. The van der Waals surface area contributed by atoms with Crippen LogP contribution in [0.15, 0.2) is 51.7 Å². The molecule has 0 unspecified atom stereocenters. The molecule has 0 aliphatic heterocycles. The molecule has 0 aliphatic carbocycles. The number of halogens is 1. The van der Waals surface area contributed by atoms with E-state index >= 15 is 0 Å². The molecule has 0 atom stereocenters. The van der Waals surface area contributed by atoms with E-state index in [1.165, 1.54) is 0 Å². The number of aromatic nitrogens is 3. The largest absolute Gasteiger partial charge is 0.397 e. The van der Waals surface area contributed by atoms with Crippen molar-refractivity contribution in [2.75, 3.05) is 5.73 Å². The normalized spacial score (nSPS) is 11.3. The van der Waals surface area contributed by atoms with Gasteiger partial charge in [-0.15, -0.1) is 0 Å². The molecule has 6 heteroatoms. The standard InChI is InChI=1S/C16H11BrN4O/c17-8-5-6-9-12(7-8)21-16(22)13(14(9)18)15-19-10-3-1-2-4-11(10)20-15/h1-7H,(H,19,20)(H3,18,21,22). The zero-order valence-electron chi connectivity index (χ0n) is 11.4. The number of anilines is 1. The van der Waals surface area contributed by atoms with Crippen LogP contribution < -0.4 is 11.3 Å². The Kier molecular flexibility index (Phi) is 2.80. The number of nitrogens with one attached hydrogen (secondary N) is 2. The topological polar surface area (TPSA) is 87.6 Å². The Morgan fingerprint density at radius 1 is 1.05 bits per heavy atom. The molecule has 0 fully saturated rings. The van der Waals surface area contributed by atoms with Crippen LogP contribution in [-0.4, -0.2) is 15.0 Å². The summed E-state index contributed by atoms with van der Waals surface area (Å²) in [5, 5.41) is 0.790. The molecule has 0 radical (unpaired) electrons. The highest BCUT2D eigenvalue weighted by atomic mass is 79.9. The molecule has 2 aromatic carbocycles. The lowest BCUT2D eigenvalue weighted by atomic mass is 10.1. The summed E-state index contributed by atoms with van der Waals surface area (Å²) in [7, 11) is 0. The highest BCUT2D eigenvalue weighted by Gasteiger charge is 2.15.